The number of carbonyl (C=O) groups excluding carboxylic acids is 4. The van der Waals surface area contributed by atoms with Gasteiger partial charge in [0.05, 0.1) is 33.7 Å². The minimum atomic E-state index is -0.638. The molecule has 52 heavy (non-hydrogen) atoms. The molecule has 0 spiro atoms. The predicted molar refractivity (Wildman–Crippen MR) is 204 cm³/mol. The van der Waals surface area contributed by atoms with E-state index in [0.717, 1.165) is 33.1 Å². The van der Waals surface area contributed by atoms with Gasteiger partial charge < -0.3 is 31.9 Å². The molecule has 2 unspecified atom stereocenters. The predicted octanol–water partition coefficient (Wildman–Crippen LogP) is 3.82. The van der Waals surface area contributed by atoms with E-state index in [1.165, 1.54) is 36.4 Å². The molecule has 2 aliphatic heterocycles. The summed E-state index contributed by atoms with van der Waals surface area (Å²) in [5.41, 5.74) is 11.1. The normalized spacial score (nSPS) is 15.3. The topological polar surface area (TPSA) is 237 Å². The highest BCUT2D eigenvalue weighted by atomic mass is 33.1. The molecular weight excluding hydrogens is 753 g/mol. The van der Waals surface area contributed by atoms with Crippen molar-refractivity contribution in [2.45, 2.75) is 60.4 Å². The van der Waals surface area contributed by atoms with Crippen molar-refractivity contribution in [1.82, 2.24) is 20.4 Å². The zero-order valence-electron chi connectivity index (χ0n) is 28.4. The molecule has 2 saturated heterocycles. The first-order valence-corrected chi connectivity index (χ1v) is 21.1. The van der Waals surface area contributed by atoms with Crippen LogP contribution in [0.25, 0.3) is 0 Å². The van der Waals surface area contributed by atoms with Crippen LogP contribution in [0.15, 0.2) is 46.2 Å². The van der Waals surface area contributed by atoms with Crippen LogP contribution in [0.3, 0.4) is 0 Å². The standard InChI is InChI=1S/C32H42N8O8S4/c33-25(31(43)37-13-15-49-19-37)5-1-3-11-35-29(41)23-17-21(7-9-27(23)39(45)46)51-52-22-8-10-28(40(47)48)24(18-22)30(42)36-12-4-2-6-26(34)32(44)38-14-16-50-20-38/h7-10,17-18,25-26H,1-6,11-16,19-20,33-34H2,(H,35,41)(H,36,42). The van der Waals surface area contributed by atoms with Gasteiger partial charge in [0.25, 0.3) is 23.2 Å². The Balaban J connectivity index is 1.28. The van der Waals surface area contributed by atoms with Gasteiger partial charge in [0.15, 0.2) is 0 Å². The van der Waals surface area contributed by atoms with Gasteiger partial charge in [-0.2, -0.15) is 0 Å². The summed E-state index contributed by atoms with van der Waals surface area (Å²) in [7, 11) is 2.33. The van der Waals surface area contributed by atoms with Gasteiger partial charge in [-0.3, -0.25) is 39.4 Å². The summed E-state index contributed by atoms with van der Waals surface area (Å²) in [6.07, 6.45) is 3.16. The van der Waals surface area contributed by atoms with Crippen LogP contribution < -0.4 is 22.1 Å². The Morgan fingerprint density at radius 2 is 1.12 bits per heavy atom. The van der Waals surface area contributed by atoms with Crippen LogP contribution >= 0.6 is 45.1 Å². The van der Waals surface area contributed by atoms with E-state index in [0.29, 0.717) is 73.2 Å². The molecule has 2 atom stereocenters. The van der Waals surface area contributed by atoms with Crippen molar-refractivity contribution < 1.29 is 29.0 Å². The molecule has 2 fully saturated rings. The number of nitrogens with zero attached hydrogens (tertiary/aromatic N) is 4. The van der Waals surface area contributed by atoms with Crippen LogP contribution in [0, 0.1) is 20.2 Å². The Morgan fingerprint density at radius 3 is 1.46 bits per heavy atom. The zero-order chi connectivity index (χ0) is 37.6. The maximum absolute atomic E-state index is 13.0. The maximum atomic E-state index is 13.0. The van der Waals surface area contributed by atoms with E-state index in [2.05, 4.69) is 10.6 Å². The minimum absolute atomic E-state index is 0.0832. The lowest BCUT2D eigenvalue weighted by atomic mass is 10.1. The lowest BCUT2D eigenvalue weighted by molar-refractivity contribution is -0.385. The molecule has 0 saturated carbocycles. The van der Waals surface area contributed by atoms with Gasteiger partial charge in [0.2, 0.25) is 11.8 Å². The molecule has 4 rings (SSSR count). The molecule has 2 heterocycles. The molecule has 2 aromatic carbocycles. The van der Waals surface area contributed by atoms with E-state index in [1.54, 1.807) is 33.3 Å². The maximum Gasteiger partial charge on any atom is 0.282 e. The number of carbonyl (C=O) groups is 4. The Bertz CT molecular complexity index is 1510. The third-order valence-corrected chi connectivity index (χ3v) is 12.6. The largest absolute Gasteiger partial charge is 0.352 e. The number of nitro groups is 2. The summed E-state index contributed by atoms with van der Waals surface area (Å²) in [4.78, 5) is 77.3. The van der Waals surface area contributed by atoms with Crippen LogP contribution in [0.1, 0.15) is 59.2 Å². The smallest absolute Gasteiger partial charge is 0.282 e. The molecule has 2 aromatic rings. The molecule has 0 aliphatic carbocycles. The van der Waals surface area contributed by atoms with Gasteiger partial charge in [0.1, 0.15) is 11.1 Å². The molecule has 4 amide bonds. The molecule has 0 aromatic heterocycles. The van der Waals surface area contributed by atoms with Gasteiger partial charge in [0, 0.05) is 59.6 Å². The molecule has 282 valence electrons. The Kier molecular flexibility index (Phi) is 16.3. The number of benzene rings is 2. The van der Waals surface area contributed by atoms with Gasteiger partial charge in [-0.1, -0.05) is 21.6 Å². The number of nitro benzene ring substituents is 2. The second-order valence-corrected chi connectivity index (χ2v) is 16.5. The van der Waals surface area contributed by atoms with Crippen molar-refractivity contribution in [2.24, 2.45) is 11.5 Å². The third kappa shape index (κ3) is 12.0. The number of hydrogen-bond acceptors (Lipinski definition) is 14. The summed E-state index contributed by atoms with van der Waals surface area (Å²) in [6.45, 7) is 1.86. The van der Waals surface area contributed by atoms with Gasteiger partial charge in [-0.25, -0.2) is 0 Å². The third-order valence-electron chi connectivity index (χ3n) is 8.27. The van der Waals surface area contributed by atoms with E-state index in [9.17, 15) is 39.4 Å². The van der Waals surface area contributed by atoms with Gasteiger partial charge >= 0.3 is 0 Å². The zero-order valence-corrected chi connectivity index (χ0v) is 31.6. The van der Waals surface area contributed by atoms with Gasteiger partial charge in [-0.15, -0.1) is 23.5 Å². The van der Waals surface area contributed by atoms with E-state index >= 15 is 0 Å². The number of thioether (sulfide) groups is 2. The number of rotatable bonds is 19. The minimum Gasteiger partial charge on any atom is -0.352 e. The van der Waals surface area contributed by atoms with E-state index in [-0.39, 0.29) is 47.4 Å². The van der Waals surface area contributed by atoms with Crippen molar-refractivity contribution in [2.75, 3.05) is 49.4 Å². The molecule has 2 aliphatic rings. The SMILES string of the molecule is NC(CCCCNC(=O)c1cc(SSc2ccc([N+](=O)[O-])c(C(=O)NCCCCC(N)C(=O)N3CCSC3)c2)ccc1[N+](=O)[O-])C(=O)N1CCSC1. The molecule has 0 bridgehead atoms. The first kappa shape index (κ1) is 41.2. The van der Waals surface area contributed by atoms with E-state index in [4.69, 9.17) is 11.5 Å². The summed E-state index contributed by atoms with van der Waals surface area (Å²) in [6, 6.07) is 7.04. The van der Waals surface area contributed by atoms with Crippen LogP contribution in [-0.4, -0.2) is 105 Å². The van der Waals surface area contributed by atoms with Crippen molar-refractivity contribution in [1.29, 1.82) is 0 Å². The van der Waals surface area contributed by atoms with Crippen molar-refractivity contribution in [3.8, 4) is 0 Å². The fourth-order valence-corrected chi connectivity index (χ4v) is 9.26. The number of nitrogens with two attached hydrogens (primary N) is 2. The Labute approximate surface area is 317 Å². The van der Waals surface area contributed by atoms with E-state index in [1.807, 2.05) is 0 Å². The molecule has 6 N–H and O–H groups in total. The number of nitrogens with one attached hydrogen (secondary N) is 2. The van der Waals surface area contributed by atoms with Crippen LogP contribution in [0.2, 0.25) is 0 Å². The molecule has 0 radical (unpaired) electrons. The fourth-order valence-electron chi connectivity index (χ4n) is 5.38. The van der Waals surface area contributed by atoms with Crippen LogP contribution in [0.4, 0.5) is 11.4 Å². The first-order chi connectivity index (χ1) is 25.0. The second kappa shape index (κ2) is 20.6. The summed E-state index contributed by atoms with van der Waals surface area (Å²) in [5.74, 6) is 1.67. The number of hydrogen-bond donors (Lipinski definition) is 4. The van der Waals surface area contributed by atoms with Gasteiger partial charge in [-0.05, 0) is 62.8 Å². The second-order valence-electron chi connectivity index (χ2n) is 12.0. The van der Waals surface area contributed by atoms with Crippen LogP contribution in [-0.2, 0) is 9.59 Å². The highest BCUT2D eigenvalue weighted by molar-refractivity contribution is 8.76. The highest BCUT2D eigenvalue weighted by Crippen LogP contribution is 2.40. The molecule has 16 nitrogen and oxygen atoms in total. The summed E-state index contributed by atoms with van der Waals surface area (Å²) < 4.78 is 0. The van der Waals surface area contributed by atoms with Crippen molar-refractivity contribution in [3.63, 3.8) is 0 Å². The number of unbranched alkanes of at least 4 members (excludes halogenated alkanes) is 2. The average Bonchev–Trinajstić information content (AvgIpc) is 3.88. The lowest BCUT2D eigenvalue weighted by Gasteiger charge is -2.19. The van der Waals surface area contributed by atoms with Crippen molar-refractivity contribution in [3.05, 3.63) is 67.8 Å². The van der Waals surface area contributed by atoms with E-state index < -0.39 is 33.7 Å². The quantitative estimate of drug-likeness (QED) is 0.0685. The van der Waals surface area contributed by atoms with Crippen molar-refractivity contribution >= 4 is 80.1 Å². The average molecular weight is 795 g/mol. The van der Waals surface area contributed by atoms with Crippen LogP contribution in [0.5, 0.6) is 0 Å². The fraction of sp³-hybridized carbons (Fsp3) is 0.500. The Morgan fingerprint density at radius 1 is 0.712 bits per heavy atom. The Hall–Kier alpha value is -3.56. The molecule has 20 heteroatoms. The highest BCUT2D eigenvalue weighted by Gasteiger charge is 2.26. The molecular formula is C32H42N8O8S4. The summed E-state index contributed by atoms with van der Waals surface area (Å²) in [5, 5.41) is 28.8. The lowest BCUT2D eigenvalue weighted by Crippen LogP contribution is -2.42. The summed E-state index contributed by atoms with van der Waals surface area (Å²) >= 11 is 3.36. The first-order valence-electron chi connectivity index (χ1n) is 16.7. The monoisotopic (exact) mass is 794 g/mol. The number of amides is 4.